The fraction of sp³-hybridized carbons (Fsp3) is 0.320. The maximum Gasteiger partial charge on any atom is 0.417 e. The van der Waals surface area contributed by atoms with Gasteiger partial charge in [0.05, 0.1) is 34.9 Å². The first-order valence-electron chi connectivity index (χ1n) is 11.4. The van der Waals surface area contributed by atoms with Crippen molar-refractivity contribution in [1.82, 2.24) is 9.97 Å². The van der Waals surface area contributed by atoms with E-state index in [2.05, 4.69) is 9.97 Å². The van der Waals surface area contributed by atoms with Crippen LogP contribution in [-0.4, -0.2) is 52.0 Å². The number of carbonyl (C=O) groups excluding carboxylic acids is 1. The molecule has 1 saturated heterocycles. The van der Waals surface area contributed by atoms with Crippen molar-refractivity contribution in [3.63, 3.8) is 0 Å². The molecular weight excluding hydrogens is 542 g/mol. The highest BCUT2D eigenvalue weighted by Crippen LogP contribution is 2.41. The second-order valence-electron chi connectivity index (χ2n) is 8.93. The third-order valence-electron chi connectivity index (χ3n) is 5.97. The third-order valence-corrected chi connectivity index (χ3v) is 6.33. The summed E-state index contributed by atoms with van der Waals surface area (Å²) >= 11 is 5.52. The maximum atomic E-state index is 15.4. The molecule has 9 nitrogen and oxygen atoms in total. The average Bonchev–Trinajstić information content (AvgIpc) is 3.05. The number of halogens is 4. The Kier molecular flexibility index (Phi) is 7.44. The number of rotatable bonds is 7. The van der Waals surface area contributed by atoms with Gasteiger partial charge in [-0.2, -0.15) is 23.4 Å². The van der Waals surface area contributed by atoms with Crippen LogP contribution in [0.25, 0.3) is 10.9 Å². The van der Waals surface area contributed by atoms with Gasteiger partial charge in [0.1, 0.15) is 24.3 Å². The molecule has 3 aromatic rings. The molecule has 2 aromatic carbocycles. The lowest BCUT2D eigenvalue weighted by Crippen LogP contribution is -2.44. The molecule has 1 N–H and O–H groups in total. The summed E-state index contributed by atoms with van der Waals surface area (Å²) in [7, 11) is 1.41. The normalized spacial score (nSPS) is 15.3. The number of carbonyl (C=O) groups is 1. The molecule has 204 valence electrons. The van der Waals surface area contributed by atoms with Crippen molar-refractivity contribution in [1.29, 1.82) is 5.26 Å². The lowest BCUT2D eigenvalue weighted by molar-refractivity contribution is -0.137. The molecule has 1 aromatic heterocycles. The first-order valence-corrected chi connectivity index (χ1v) is 11.8. The monoisotopic (exact) mass is 563 g/mol. The molecule has 0 bridgehead atoms. The van der Waals surface area contributed by atoms with Gasteiger partial charge in [0.2, 0.25) is 5.88 Å². The van der Waals surface area contributed by atoms with Gasteiger partial charge in [-0.15, -0.1) is 0 Å². The van der Waals surface area contributed by atoms with Crippen LogP contribution in [-0.2, 0) is 22.3 Å². The van der Waals surface area contributed by atoms with Gasteiger partial charge in [-0.05, 0) is 56.4 Å². The number of nitriles is 1. The minimum absolute atomic E-state index is 0.0379. The molecule has 0 aliphatic carbocycles. The minimum atomic E-state index is -4.85. The van der Waals surface area contributed by atoms with Crippen LogP contribution in [0, 0.1) is 17.1 Å². The first-order chi connectivity index (χ1) is 18.3. The van der Waals surface area contributed by atoms with Crippen molar-refractivity contribution in [2.75, 3.05) is 30.1 Å². The zero-order chi connectivity index (χ0) is 28.7. The highest BCUT2D eigenvalue weighted by atomic mass is 32.1. The number of aromatic nitrogens is 2. The quantitative estimate of drug-likeness (QED) is 0.336. The van der Waals surface area contributed by atoms with Crippen LogP contribution in [0.1, 0.15) is 30.8 Å². The molecule has 0 unspecified atom stereocenters. The Morgan fingerprint density at radius 1 is 1.18 bits per heavy atom. The molecule has 1 amide bonds. The summed E-state index contributed by atoms with van der Waals surface area (Å²) in [5, 5.41) is 18.2. The summed E-state index contributed by atoms with van der Waals surface area (Å²) in [6.07, 6.45) is -4.85. The van der Waals surface area contributed by atoms with Crippen LogP contribution in [0.5, 0.6) is 5.88 Å². The van der Waals surface area contributed by atoms with Gasteiger partial charge in [-0.25, -0.2) is 9.37 Å². The zero-order valence-corrected chi connectivity index (χ0v) is 21.7. The molecule has 0 radical (unpaired) electrons. The number of benzene rings is 2. The number of amides is 1. The standard InChI is InChI=1S/C25H21F4N5O4S/c1-24(2)22(36)33(14-5-4-13(11-30)17(9-14)25(27,28)29)23(39)34(24)15-8-16-20(18(26)10-15)31-19(12-37-3)32-21(16)38-7-6-35/h4-5,8-10,35H,6-7,12H2,1-3H3. The number of anilines is 2. The summed E-state index contributed by atoms with van der Waals surface area (Å²) in [5.74, 6) is -1.40. The van der Waals surface area contributed by atoms with Crippen LogP contribution >= 0.6 is 12.2 Å². The molecule has 4 rings (SSSR count). The lowest BCUT2D eigenvalue weighted by Gasteiger charge is -2.29. The van der Waals surface area contributed by atoms with E-state index in [0.717, 1.165) is 17.0 Å². The molecule has 1 aliphatic rings. The Morgan fingerprint density at radius 3 is 2.51 bits per heavy atom. The van der Waals surface area contributed by atoms with E-state index in [1.807, 2.05) is 0 Å². The number of thiocarbonyl (C=S) groups is 1. The van der Waals surface area contributed by atoms with Crippen molar-refractivity contribution < 1.29 is 36.9 Å². The van der Waals surface area contributed by atoms with E-state index in [-0.39, 0.29) is 58.9 Å². The summed E-state index contributed by atoms with van der Waals surface area (Å²) in [5.41, 5.74) is -3.51. The van der Waals surface area contributed by atoms with Crippen molar-refractivity contribution in [2.45, 2.75) is 32.2 Å². The molecule has 14 heteroatoms. The van der Waals surface area contributed by atoms with Crippen molar-refractivity contribution >= 4 is 45.5 Å². The predicted octanol–water partition coefficient (Wildman–Crippen LogP) is 4.09. The predicted molar refractivity (Wildman–Crippen MR) is 136 cm³/mol. The van der Waals surface area contributed by atoms with E-state index in [0.29, 0.717) is 6.07 Å². The SMILES string of the molecule is COCc1nc(OCCO)c2cc(N3C(=S)N(c4ccc(C#N)c(C(F)(F)F)c4)C(=O)C3(C)C)cc(F)c2n1. The first kappa shape index (κ1) is 28.1. The number of hydrogen-bond donors (Lipinski definition) is 1. The molecular formula is C25H21F4N5O4S. The average molecular weight is 564 g/mol. The van der Waals surface area contributed by atoms with E-state index >= 15 is 4.39 Å². The van der Waals surface area contributed by atoms with E-state index in [4.69, 9.17) is 27.0 Å². The molecule has 2 heterocycles. The van der Waals surface area contributed by atoms with E-state index in [9.17, 15) is 23.1 Å². The van der Waals surface area contributed by atoms with Crippen molar-refractivity contribution in [3.05, 3.63) is 53.1 Å². The van der Waals surface area contributed by atoms with E-state index in [1.165, 1.54) is 44.1 Å². The van der Waals surface area contributed by atoms with Crippen LogP contribution in [0.4, 0.5) is 28.9 Å². The van der Waals surface area contributed by atoms with Crippen molar-refractivity contribution in [2.24, 2.45) is 0 Å². The molecule has 0 atom stereocenters. The molecule has 1 aliphatic heterocycles. The number of fused-ring (bicyclic) bond motifs is 1. The summed E-state index contributed by atoms with van der Waals surface area (Å²) < 4.78 is 66.7. The van der Waals surface area contributed by atoms with Crippen LogP contribution in [0.2, 0.25) is 0 Å². The molecule has 39 heavy (non-hydrogen) atoms. The van der Waals surface area contributed by atoms with Gasteiger partial charge in [0, 0.05) is 12.8 Å². The Bertz CT molecular complexity index is 1520. The van der Waals surface area contributed by atoms with Crippen LogP contribution < -0.4 is 14.5 Å². The van der Waals surface area contributed by atoms with Crippen molar-refractivity contribution in [3.8, 4) is 11.9 Å². The van der Waals surface area contributed by atoms with Gasteiger partial charge >= 0.3 is 6.18 Å². The molecule has 0 saturated carbocycles. The highest BCUT2D eigenvalue weighted by Gasteiger charge is 2.51. The minimum Gasteiger partial charge on any atom is -0.475 e. The maximum absolute atomic E-state index is 15.4. The highest BCUT2D eigenvalue weighted by molar-refractivity contribution is 7.81. The van der Waals surface area contributed by atoms with Gasteiger partial charge in [-0.1, -0.05) is 0 Å². The topological polar surface area (TPSA) is 112 Å². The number of hydrogen-bond acceptors (Lipinski definition) is 8. The Labute approximate surface area is 225 Å². The number of aliphatic hydroxyl groups is 1. The number of aliphatic hydroxyl groups excluding tert-OH is 1. The summed E-state index contributed by atoms with van der Waals surface area (Å²) in [6.45, 7) is 2.44. The second kappa shape index (κ2) is 10.3. The zero-order valence-electron chi connectivity index (χ0n) is 20.8. The number of ether oxygens (including phenoxy) is 2. The molecule has 0 spiro atoms. The smallest absolute Gasteiger partial charge is 0.417 e. The third kappa shape index (κ3) is 4.96. The van der Waals surface area contributed by atoms with Gasteiger partial charge in [-0.3, -0.25) is 9.69 Å². The lowest BCUT2D eigenvalue weighted by atomic mass is 10.0. The van der Waals surface area contributed by atoms with Crippen LogP contribution in [0.3, 0.4) is 0 Å². The van der Waals surface area contributed by atoms with Gasteiger partial charge in [0.15, 0.2) is 16.8 Å². The van der Waals surface area contributed by atoms with E-state index in [1.54, 1.807) is 0 Å². The van der Waals surface area contributed by atoms with Gasteiger partial charge in [0.25, 0.3) is 5.91 Å². The number of alkyl halides is 3. The fourth-order valence-electron chi connectivity index (χ4n) is 4.23. The Hall–Kier alpha value is -3.93. The summed E-state index contributed by atoms with van der Waals surface area (Å²) in [6, 6.07) is 6.84. The molecule has 1 fully saturated rings. The van der Waals surface area contributed by atoms with E-state index < -0.39 is 34.6 Å². The van der Waals surface area contributed by atoms with Gasteiger partial charge < -0.3 is 19.5 Å². The largest absolute Gasteiger partial charge is 0.475 e. The Balaban J connectivity index is 1.86. The fourth-order valence-corrected chi connectivity index (χ4v) is 4.75. The summed E-state index contributed by atoms with van der Waals surface area (Å²) in [4.78, 5) is 24.1. The second-order valence-corrected chi connectivity index (χ2v) is 9.30. The number of nitrogens with zero attached hydrogens (tertiary/aromatic N) is 5. The van der Waals surface area contributed by atoms with Crippen LogP contribution in [0.15, 0.2) is 30.3 Å². The Morgan fingerprint density at radius 2 is 1.90 bits per heavy atom. The number of methoxy groups -OCH3 is 1.